The van der Waals surface area contributed by atoms with Gasteiger partial charge in [0.25, 0.3) is 0 Å². The van der Waals surface area contributed by atoms with E-state index in [0.29, 0.717) is 4.99 Å². The van der Waals surface area contributed by atoms with E-state index >= 15 is 0 Å². The fourth-order valence-electron chi connectivity index (χ4n) is 2.11. The molecular weight excluding hydrogens is 266 g/mol. The van der Waals surface area contributed by atoms with Crippen LogP contribution in [-0.4, -0.2) is 21.4 Å². The van der Waals surface area contributed by atoms with Crippen LogP contribution in [0.2, 0.25) is 0 Å². The molecule has 0 fully saturated rings. The molecule has 3 nitrogen and oxygen atoms in total. The van der Waals surface area contributed by atoms with Gasteiger partial charge in [-0.3, -0.25) is 9.88 Å². The summed E-state index contributed by atoms with van der Waals surface area (Å²) in [5, 5.41) is 0. The van der Waals surface area contributed by atoms with Crippen LogP contribution in [0.25, 0.3) is 0 Å². The van der Waals surface area contributed by atoms with Crippen molar-refractivity contribution in [1.82, 2.24) is 9.88 Å². The third kappa shape index (κ3) is 4.11. The highest BCUT2D eigenvalue weighted by molar-refractivity contribution is 7.80. The maximum Gasteiger partial charge on any atom is 0.103 e. The zero-order valence-corrected chi connectivity index (χ0v) is 12.4. The van der Waals surface area contributed by atoms with E-state index in [1.807, 2.05) is 36.7 Å². The molecule has 0 saturated heterocycles. The minimum absolute atomic E-state index is 0.448. The van der Waals surface area contributed by atoms with Crippen molar-refractivity contribution in [3.05, 3.63) is 65.5 Å². The number of thiocarbonyl (C=S) groups is 1. The summed E-state index contributed by atoms with van der Waals surface area (Å²) in [7, 11) is 0. The third-order valence-corrected chi connectivity index (χ3v) is 3.46. The summed E-state index contributed by atoms with van der Waals surface area (Å²) in [6, 6.07) is 12.2. The number of hydrogen-bond donors (Lipinski definition) is 1. The molecule has 0 unspecified atom stereocenters. The van der Waals surface area contributed by atoms with Crippen molar-refractivity contribution in [3.8, 4) is 0 Å². The molecule has 0 aliphatic rings. The van der Waals surface area contributed by atoms with Gasteiger partial charge in [0.2, 0.25) is 0 Å². The SMILES string of the molecule is CCN(Cc1ccncc1)Cc1cccc(C(N)=S)c1. The summed E-state index contributed by atoms with van der Waals surface area (Å²) in [6.45, 7) is 4.95. The summed E-state index contributed by atoms with van der Waals surface area (Å²) < 4.78 is 0. The number of hydrogen-bond acceptors (Lipinski definition) is 3. The molecule has 104 valence electrons. The predicted molar refractivity (Wildman–Crippen MR) is 86.4 cm³/mol. The van der Waals surface area contributed by atoms with Crippen LogP contribution in [0.3, 0.4) is 0 Å². The summed E-state index contributed by atoms with van der Waals surface area (Å²) in [5.74, 6) is 0. The van der Waals surface area contributed by atoms with E-state index in [4.69, 9.17) is 18.0 Å². The minimum atomic E-state index is 0.448. The van der Waals surface area contributed by atoms with Crippen LogP contribution in [0.4, 0.5) is 0 Å². The molecule has 0 amide bonds. The Kier molecular flexibility index (Phi) is 5.21. The van der Waals surface area contributed by atoms with Crippen molar-refractivity contribution < 1.29 is 0 Å². The number of nitrogens with two attached hydrogens (primary N) is 1. The molecule has 0 spiro atoms. The Bertz CT molecular complexity index is 569. The highest BCUT2D eigenvalue weighted by atomic mass is 32.1. The normalized spacial score (nSPS) is 10.7. The molecule has 0 aliphatic carbocycles. The minimum Gasteiger partial charge on any atom is -0.389 e. The molecule has 2 N–H and O–H groups in total. The Morgan fingerprint density at radius 3 is 2.50 bits per heavy atom. The molecule has 2 rings (SSSR count). The van der Waals surface area contributed by atoms with Crippen molar-refractivity contribution >= 4 is 17.2 Å². The molecule has 2 aromatic rings. The van der Waals surface area contributed by atoms with E-state index in [1.54, 1.807) is 0 Å². The lowest BCUT2D eigenvalue weighted by Crippen LogP contribution is -2.22. The Balaban J connectivity index is 2.06. The van der Waals surface area contributed by atoms with E-state index in [0.717, 1.165) is 25.2 Å². The average molecular weight is 285 g/mol. The topological polar surface area (TPSA) is 42.2 Å². The van der Waals surface area contributed by atoms with Crippen LogP contribution in [0, 0.1) is 0 Å². The van der Waals surface area contributed by atoms with Crippen molar-refractivity contribution in [2.75, 3.05) is 6.54 Å². The fourth-order valence-corrected chi connectivity index (χ4v) is 2.23. The van der Waals surface area contributed by atoms with Gasteiger partial charge in [-0.15, -0.1) is 0 Å². The van der Waals surface area contributed by atoms with Gasteiger partial charge < -0.3 is 5.73 Å². The van der Waals surface area contributed by atoms with Crippen LogP contribution >= 0.6 is 12.2 Å². The predicted octanol–water partition coefficient (Wildman–Crippen LogP) is 2.74. The van der Waals surface area contributed by atoms with Crippen molar-refractivity contribution in [1.29, 1.82) is 0 Å². The zero-order valence-electron chi connectivity index (χ0n) is 11.6. The maximum atomic E-state index is 5.68. The van der Waals surface area contributed by atoms with E-state index in [9.17, 15) is 0 Å². The van der Waals surface area contributed by atoms with E-state index < -0.39 is 0 Å². The molecule has 1 heterocycles. The third-order valence-electron chi connectivity index (χ3n) is 3.22. The van der Waals surface area contributed by atoms with E-state index in [-0.39, 0.29) is 0 Å². The molecule has 1 aromatic heterocycles. The van der Waals surface area contributed by atoms with E-state index in [2.05, 4.69) is 28.9 Å². The first kappa shape index (κ1) is 14.6. The number of pyridine rings is 1. The Labute approximate surface area is 125 Å². The first-order chi connectivity index (χ1) is 9.69. The lowest BCUT2D eigenvalue weighted by atomic mass is 10.1. The number of nitrogens with zero attached hydrogens (tertiary/aromatic N) is 2. The summed E-state index contributed by atoms with van der Waals surface area (Å²) in [5.41, 5.74) is 9.11. The quantitative estimate of drug-likeness (QED) is 0.829. The molecule has 0 radical (unpaired) electrons. The van der Waals surface area contributed by atoms with Crippen LogP contribution in [0.15, 0.2) is 48.8 Å². The Morgan fingerprint density at radius 2 is 1.85 bits per heavy atom. The van der Waals surface area contributed by atoms with Crippen LogP contribution in [0.5, 0.6) is 0 Å². The highest BCUT2D eigenvalue weighted by Gasteiger charge is 2.06. The second-order valence-corrected chi connectivity index (χ2v) is 5.16. The van der Waals surface area contributed by atoms with Crippen LogP contribution < -0.4 is 5.73 Å². The average Bonchev–Trinajstić information content (AvgIpc) is 2.48. The molecule has 0 aliphatic heterocycles. The lowest BCUT2D eigenvalue weighted by Gasteiger charge is -2.20. The van der Waals surface area contributed by atoms with Crippen molar-refractivity contribution in [3.63, 3.8) is 0 Å². The lowest BCUT2D eigenvalue weighted by molar-refractivity contribution is 0.271. The highest BCUT2D eigenvalue weighted by Crippen LogP contribution is 2.11. The van der Waals surface area contributed by atoms with Gasteiger partial charge >= 0.3 is 0 Å². The first-order valence-corrected chi connectivity index (χ1v) is 7.10. The molecular formula is C16H19N3S. The number of aromatic nitrogens is 1. The van der Waals surface area contributed by atoms with Crippen LogP contribution in [-0.2, 0) is 13.1 Å². The van der Waals surface area contributed by atoms with Gasteiger partial charge in [0.05, 0.1) is 0 Å². The van der Waals surface area contributed by atoms with Gasteiger partial charge in [0, 0.05) is 31.0 Å². The van der Waals surface area contributed by atoms with Gasteiger partial charge in [-0.1, -0.05) is 37.3 Å². The number of rotatable bonds is 6. The van der Waals surface area contributed by atoms with E-state index in [1.165, 1.54) is 11.1 Å². The number of benzene rings is 1. The largest absolute Gasteiger partial charge is 0.389 e. The summed E-state index contributed by atoms with van der Waals surface area (Å²) >= 11 is 5.03. The Morgan fingerprint density at radius 1 is 1.15 bits per heavy atom. The van der Waals surface area contributed by atoms with Gasteiger partial charge in [0.15, 0.2) is 0 Å². The van der Waals surface area contributed by atoms with Crippen LogP contribution in [0.1, 0.15) is 23.6 Å². The fraction of sp³-hybridized carbons (Fsp3) is 0.250. The smallest absolute Gasteiger partial charge is 0.103 e. The molecule has 0 bridgehead atoms. The van der Waals surface area contributed by atoms with Gasteiger partial charge in [0.1, 0.15) is 4.99 Å². The van der Waals surface area contributed by atoms with Gasteiger partial charge in [-0.25, -0.2) is 0 Å². The van der Waals surface area contributed by atoms with Gasteiger partial charge in [-0.05, 0) is 35.9 Å². The molecule has 20 heavy (non-hydrogen) atoms. The second-order valence-electron chi connectivity index (χ2n) is 4.72. The second kappa shape index (κ2) is 7.12. The first-order valence-electron chi connectivity index (χ1n) is 6.69. The Hall–Kier alpha value is -1.78. The van der Waals surface area contributed by atoms with Crippen molar-refractivity contribution in [2.24, 2.45) is 5.73 Å². The molecule has 0 atom stereocenters. The summed E-state index contributed by atoms with van der Waals surface area (Å²) in [4.78, 5) is 6.86. The maximum absolute atomic E-state index is 5.68. The van der Waals surface area contributed by atoms with Crippen molar-refractivity contribution in [2.45, 2.75) is 20.0 Å². The monoisotopic (exact) mass is 285 g/mol. The molecule has 1 aromatic carbocycles. The summed E-state index contributed by atoms with van der Waals surface area (Å²) in [6.07, 6.45) is 3.66. The van der Waals surface area contributed by atoms with Gasteiger partial charge in [-0.2, -0.15) is 0 Å². The standard InChI is InChI=1S/C16H19N3S/c1-2-19(11-13-6-8-18-9-7-13)12-14-4-3-5-15(10-14)16(17)20/h3-10H,2,11-12H2,1H3,(H2,17,20). The molecule has 0 saturated carbocycles. The zero-order chi connectivity index (χ0) is 14.4. The molecule has 4 heteroatoms.